The molecule has 9 nitrogen and oxygen atoms in total. The molecule has 3 amide bonds. The van der Waals surface area contributed by atoms with E-state index in [9.17, 15) is 35.9 Å². The van der Waals surface area contributed by atoms with Crippen LogP contribution in [0.25, 0.3) is 17.1 Å². The summed E-state index contributed by atoms with van der Waals surface area (Å²) < 4.78 is 97.9. The van der Waals surface area contributed by atoms with Crippen molar-refractivity contribution >= 4 is 40.2 Å². The predicted octanol–water partition coefficient (Wildman–Crippen LogP) is 7.40. The number of amides is 3. The lowest BCUT2D eigenvalue weighted by atomic mass is 10.1. The minimum atomic E-state index is -4.50. The van der Waals surface area contributed by atoms with E-state index in [0.717, 1.165) is 34.9 Å². The number of hydrogen-bond acceptors (Lipinski definition) is 6. The summed E-state index contributed by atoms with van der Waals surface area (Å²) in [5, 5.41) is 6.36. The topological polar surface area (TPSA) is 102 Å². The molecule has 0 spiro atoms. The summed E-state index contributed by atoms with van der Waals surface area (Å²) in [6.07, 6.45) is -8.92. The van der Waals surface area contributed by atoms with Gasteiger partial charge in [0, 0.05) is 11.6 Å². The molecule has 0 radical (unpaired) electrons. The summed E-state index contributed by atoms with van der Waals surface area (Å²) >= 11 is 0.903. The van der Waals surface area contributed by atoms with Gasteiger partial charge in [-0.2, -0.15) is 31.3 Å². The van der Waals surface area contributed by atoms with E-state index in [2.05, 4.69) is 20.4 Å². The monoisotopic (exact) mass is 666 g/mol. The van der Waals surface area contributed by atoms with Crippen LogP contribution in [0.1, 0.15) is 17.5 Å². The fourth-order valence-corrected chi connectivity index (χ4v) is 5.05. The zero-order valence-electron chi connectivity index (χ0n) is 23.5. The number of amidine groups is 1. The van der Waals surface area contributed by atoms with Gasteiger partial charge in [-0.1, -0.05) is 30.0 Å². The van der Waals surface area contributed by atoms with Crippen LogP contribution in [0, 0.1) is 12.7 Å². The van der Waals surface area contributed by atoms with Crippen LogP contribution >= 0.6 is 11.8 Å². The summed E-state index contributed by atoms with van der Waals surface area (Å²) in [5.74, 6) is -1.42. The van der Waals surface area contributed by atoms with E-state index in [-0.39, 0.29) is 39.6 Å². The van der Waals surface area contributed by atoms with Crippen molar-refractivity contribution in [3.63, 3.8) is 0 Å². The largest absolute Gasteiger partial charge is 0.491 e. The molecule has 4 aromatic rings. The number of urea groups is 1. The second-order valence-electron chi connectivity index (χ2n) is 9.78. The highest BCUT2D eigenvalue weighted by Gasteiger charge is 2.34. The standard InChI is InChI=1S/C29H21F7N6O3S/c1-16-2-9-23(45-11-10-28(31,32)33)22(12-16)42-24(43)14-46-27(42)39-26(44)38-21-8-7-19(13-20(21)30)41-15-37-25(40-41)17-3-5-18(6-4-17)29(34,35)36/h2-9,12-13,15H,10-11,14H2,1H3,(H,38,44). The van der Waals surface area contributed by atoms with Crippen molar-refractivity contribution in [3.05, 3.63) is 83.9 Å². The number of nitrogens with zero attached hydrogens (tertiary/aromatic N) is 5. The van der Waals surface area contributed by atoms with Gasteiger partial charge in [0.1, 0.15) is 17.9 Å². The first-order valence-electron chi connectivity index (χ1n) is 13.2. The Morgan fingerprint density at radius 1 is 1.04 bits per heavy atom. The molecule has 1 aliphatic heterocycles. The van der Waals surface area contributed by atoms with Gasteiger partial charge in [-0.25, -0.2) is 18.9 Å². The number of hydrogen-bond donors (Lipinski definition) is 1. The molecule has 3 aromatic carbocycles. The van der Waals surface area contributed by atoms with Gasteiger partial charge >= 0.3 is 18.4 Å². The van der Waals surface area contributed by atoms with E-state index in [1.807, 2.05) is 0 Å². The van der Waals surface area contributed by atoms with Crippen molar-refractivity contribution in [2.24, 2.45) is 4.99 Å². The number of aliphatic imine (C=N–C) groups is 1. The maximum Gasteiger partial charge on any atom is 0.416 e. The zero-order chi connectivity index (χ0) is 33.2. The molecule has 0 unspecified atom stereocenters. The molecule has 1 fully saturated rings. The van der Waals surface area contributed by atoms with Gasteiger partial charge in [0.05, 0.1) is 41.4 Å². The SMILES string of the molecule is Cc1ccc(OCCC(F)(F)F)c(N2C(=O)CSC2=NC(=O)Nc2ccc(-n3cnc(-c4ccc(C(F)(F)F)cc4)n3)cc2F)c1. The molecule has 1 saturated heterocycles. The Labute approximate surface area is 260 Å². The van der Waals surface area contributed by atoms with Gasteiger partial charge in [-0.05, 0) is 48.9 Å². The lowest BCUT2D eigenvalue weighted by molar-refractivity contribution is -0.139. The number of thioether (sulfide) groups is 1. The average molecular weight is 667 g/mol. The van der Waals surface area contributed by atoms with E-state index < -0.39 is 48.7 Å². The molecule has 46 heavy (non-hydrogen) atoms. The number of rotatable bonds is 7. The van der Waals surface area contributed by atoms with Crippen molar-refractivity contribution in [3.8, 4) is 22.8 Å². The molecule has 0 aliphatic carbocycles. The molecule has 2 heterocycles. The Balaban J connectivity index is 1.30. The van der Waals surface area contributed by atoms with E-state index in [4.69, 9.17) is 4.74 Å². The summed E-state index contributed by atoms with van der Waals surface area (Å²) in [4.78, 5) is 34.5. The number of carbonyl (C=O) groups excluding carboxylic acids is 2. The van der Waals surface area contributed by atoms with Crippen molar-refractivity contribution in [1.29, 1.82) is 0 Å². The molecule has 0 bridgehead atoms. The number of anilines is 2. The summed E-state index contributed by atoms with van der Waals surface area (Å²) in [5.41, 5.74) is 0.149. The molecule has 5 rings (SSSR count). The van der Waals surface area contributed by atoms with Gasteiger partial charge in [-0.3, -0.25) is 9.69 Å². The van der Waals surface area contributed by atoms with E-state index in [1.54, 1.807) is 13.0 Å². The average Bonchev–Trinajstić information content (AvgIpc) is 3.61. The van der Waals surface area contributed by atoms with Crippen LogP contribution in [-0.2, 0) is 11.0 Å². The third-order valence-corrected chi connectivity index (χ3v) is 7.31. The van der Waals surface area contributed by atoms with Gasteiger partial charge in [0.25, 0.3) is 0 Å². The number of alkyl halides is 6. The van der Waals surface area contributed by atoms with Crippen molar-refractivity contribution < 1.29 is 45.1 Å². The Morgan fingerprint density at radius 3 is 2.46 bits per heavy atom. The number of benzene rings is 3. The first kappa shape index (κ1) is 32.5. The predicted molar refractivity (Wildman–Crippen MR) is 155 cm³/mol. The summed E-state index contributed by atoms with van der Waals surface area (Å²) in [6, 6.07) is 11.3. The molecule has 0 atom stereocenters. The molecule has 240 valence electrons. The van der Waals surface area contributed by atoms with Gasteiger partial charge in [0.15, 0.2) is 11.0 Å². The van der Waals surface area contributed by atoms with E-state index in [0.29, 0.717) is 11.1 Å². The van der Waals surface area contributed by atoms with Crippen molar-refractivity contribution in [2.75, 3.05) is 22.6 Å². The van der Waals surface area contributed by atoms with Crippen LogP contribution in [0.2, 0.25) is 0 Å². The highest BCUT2D eigenvalue weighted by atomic mass is 32.2. The number of aryl methyl sites for hydroxylation is 1. The number of carbonyl (C=O) groups is 2. The molecule has 17 heteroatoms. The fraction of sp³-hybridized carbons (Fsp3) is 0.207. The summed E-state index contributed by atoms with van der Waals surface area (Å²) in [7, 11) is 0. The molecular formula is C29H21F7N6O3S. The Morgan fingerprint density at radius 2 is 1.78 bits per heavy atom. The normalized spacial score (nSPS) is 14.7. The number of aromatic nitrogens is 3. The Hall–Kier alpha value is -4.93. The van der Waals surface area contributed by atoms with E-state index in [1.165, 1.54) is 47.4 Å². The zero-order valence-corrected chi connectivity index (χ0v) is 24.3. The van der Waals surface area contributed by atoms with Gasteiger partial charge in [-0.15, -0.1) is 5.10 Å². The number of ether oxygens (including phenoxy) is 1. The van der Waals surface area contributed by atoms with Crippen molar-refractivity contribution in [2.45, 2.75) is 25.7 Å². The summed E-state index contributed by atoms with van der Waals surface area (Å²) in [6.45, 7) is 1.00. The highest BCUT2D eigenvalue weighted by molar-refractivity contribution is 8.15. The second kappa shape index (κ2) is 12.8. The lowest BCUT2D eigenvalue weighted by Crippen LogP contribution is -2.31. The molecule has 1 N–H and O–H groups in total. The number of nitrogens with one attached hydrogen (secondary N) is 1. The first-order chi connectivity index (χ1) is 21.7. The third kappa shape index (κ3) is 7.64. The van der Waals surface area contributed by atoms with Crippen LogP contribution in [0.3, 0.4) is 0 Å². The first-order valence-corrected chi connectivity index (χ1v) is 14.2. The maximum absolute atomic E-state index is 15.0. The van der Waals surface area contributed by atoms with Crippen LogP contribution in [0.4, 0.5) is 46.9 Å². The van der Waals surface area contributed by atoms with E-state index >= 15 is 4.39 Å². The number of halogens is 7. The van der Waals surface area contributed by atoms with Gasteiger partial charge < -0.3 is 10.1 Å². The Bertz CT molecular complexity index is 1810. The minimum absolute atomic E-state index is 0.0185. The van der Waals surface area contributed by atoms with Crippen molar-refractivity contribution in [1.82, 2.24) is 14.8 Å². The highest BCUT2D eigenvalue weighted by Crippen LogP contribution is 2.36. The molecule has 1 aliphatic rings. The molecular weight excluding hydrogens is 645 g/mol. The van der Waals surface area contributed by atoms with Crippen LogP contribution in [-0.4, -0.2) is 50.4 Å². The maximum atomic E-state index is 15.0. The quantitative estimate of drug-likeness (QED) is 0.206. The molecule has 1 aromatic heterocycles. The van der Waals surface area contributed by atoms with Crippen LogP contribution in [0.5, 0.6) is 5.75 Å². The lowest BCUT2D eigenvalue weighted by Gasteiger charge is -2.20. The fourth-order valence-electron chi connectivity index (χ4n) is 4.19. The smallest absolute Gasteiger partial charge is 0.416 e. The van der Waals surface area contributed by atoms with Crippen LogP contribution < -0.4 is 15.0 Å². The molecule has 0 saturated carbocycles. The second-order valence-corrected chi connectivity index (χ2v) is 10.7. The third-order valence-electron chi connectivity index (χ3n) is 6.38. The minimum Gasteiger partial charge on any atom is -0.491 e. The Kier molecular flexibility index (Phi) is 9.05. The van der Waals surface area contributed by atoms with Crippen LogP contribution in [0.15, 0.2) is 72.0 Å². The van der Waals surface area contributed by atoms with Gasteiger partial charge in [0.2, 0.25) is 5.91 Å².